The number of hydrogen-bond donors (Lipinski definition) is 0. The van der Waals surface area contributed by atoms with Crippen LogP contribution in [0.15, 0.2) is 36.5 Å². The van der Waals surface area contributed by atoms with Crippen LogP contribution in [0.4, 0.5) is 13.2 Å². The Bertz CT molecular complexity index is 458. The van der Waals surface area contributed by atoms with Crippen LogP contribution in [0.2, 0.25) is 0 Å². The lowest BCUT2D eigenvalue weighted by molar-refractivity contribution is -0.136. The molecule has 0 amide bonds. The fourth-order valence-electron chi connectivity index (χ4n) is 1.34. The van der Waals surface area contributed by atoms with E-state index in [9.17, 15) is 13.2 Å². The van der Waals surface area contributed by atoms with Crippen LogP contribution in [0.1, 0.15) is 19.4 Å². The number of pyridine rings is 1. The monoisotopic (exact) mass is 227 g/mol. The van der Waals surface area contributed by atoms with E-state index in [0.29, 0.717) is 5.52 Å². The van der Waals surface area contributed by atoms with Crippen LogP contribution >= 0.6 is 0 Å². The highest BCUT2D eigenvalue weighted by Crippen LogP contribution is 2.33. The molecule has 0 saturated heterocycles. The van der Waals surface area contributed by atoms with Crippen molar-refractivity contribution in [2.75, 3.05) is 0 Å². The van der Waals surface area contributed by atoms with E-state index in [-0.39, 0.29) is 5.39 Å². The minimum atomic E-state index is -4.32. The summed E-state index contributed by atoms with van der Waals surface area (Å²) in [5, 5.41) is 0.141. The molecule has 0 bridgehead atoms. The Kier molecular flexibility index (Phi) is 3.88. The van der Waals surface area contributed by atoms with Crippen molar-refractivity contribution >= 4 is 10.9 Å². The molecule has 1 nitrogen and oxygen atoms in total. The summed E-state index contributed by atoms with van der Waals surface area (Å²) in [7, 11) is 0. The first-order valence-corrected chi connectivity index (χ1v) is 5.00. The SMILES string of the molecule is CC.FC(F)(F)c1ccnc2ccccc12. The fraction of sp³-hybridized carbons (Fsp3) is 0.250. The van der Waals surface area contributed by atoms with Gasteiger partial charge in [-0.15, -0.1) is 0 Å². The molecule has 16 heavy (non-hydrogen) atoms. The van der Waals surface area contributed by atoms with Crippen LogP contribution in [-0.4, -0.2) is 4.98 Å². The number of rotatable bonds is 0. The molecule has 1 aromatic carbocycles. The van der Waals surface area contributed by atoms with E-state index >= 15 is 0 Å². The maximum Gasteiger partial charge on any atom is 0.417 e. The second-order valence-electron chi connectivity index (χ2n) is 2.87. The molecular weight excluding hydrogens is 215 g/mol. The molecule has 0 aliphatic heterocycles. The third kappa shape index (κ3) is 2.51. The maximum absolute atomic E-state index is 12.5. The van der Waals surface area contributed by atoms with Gasteiger partial charge in [-0.3, -0.25) is 4.98 Å². The number of para-hydroxylation sites is 1. The van der Waals surface area contributed by atoms with Crippen LogP contribution in [0, 0.1) is 0 Å². The van der Waals surface area contributed by atoms with Gasteiger partial charge >= 0.3 is 6.18 Å². The highest BCUT2D eigenvalue weighted by atomic mass is 19.4. The van der Waals surface area contributed by atoms with E-state index in [2.05, 4.69) is 4.98 Å². The minimum absolute atomic E-state index is 0.141. The molecule has 0 aliphatic rings. The third-order valence-electron chi connectivity index (χ3n) is 1.95. The van der Waals surface area contributed by atoms with Crippen molar-refractivity contribution in [1.29, 1.82) is 0 Å². The molecule has 2 rings (SSSR count). The van der Waals surface area contributed by atoms with Crippen molar-refractivity contribution in [2.45, 2.75) is 20.0 Å². The predicted octanol–water partition coefficient (Wildman–Crippen LogP) is 4.28. The van der Waals surface area contributed by atoms with E-state index in [1.807, 2.05) is 13.8 Å². The van der Waals surface area contributed by atoms with Gasteiger partial charge in [0.2, 0.25) is 0 Å². The Morgan fingerprint density at radius 1 is 1.00 bits per heavy atom. The van der Waals surface area contributed by atoms with Gasteiger partial charge in [-0.2, -0.15) is 13.2 Å². The Balaban J connectivity index is 0.000000606. The first kappa shape index (κ1) is 12.5. The fourth-order valence-corrected chi connectivity index (χ4v) is 1.34. The largest absolute Gasteiger partial charge is 0.417 e. The summed E-state index contributed by atoms with van der Waals surface area (Å²) in [6.45, 7) is 4.00. The maximum atomic E-state index is 12.5. The highest BCUT2D eigenvalue weighted by molar-refractivity contribution is 5.82. The number of nitrogens with zero attached hydrogens (tertiary/aromatic N) is 1. The molecule has 0 unspecified atom stereocenters. The van der Waals surface area contributed by atoms with Gasteiger partial charge in [0.05, 0.1) is 11.1 Å². The van der Waals surface area contributed by atoms with Crippen molar-refractivity contribution in [2.24, 2.45) is 0 Å². The van der Waals surface area contributed by atoms with E-state index in [0.717, 1.165) is 6.07 Å². The van der Waals surface area contributed by atoms with Gasteiger partial charge in [0, 0.05) is 11.6 Å². The zero-order chi connectivity index (χ0) is 12.2. The van der Waals surface area contributed by atoms with E-state index in [1.54, 1.807) is 18.2 Å². The van der Waals surface area contributed by atoms with Gasteiger partial charge in [0.15, 0.2) is 0 Å². The number of hydrogen-bond acceptors (Lipinski definition) is 1. The summed E-state index contributed by atoms with van der Waals surface area (Å²) in [6.07, 6.45) is -3.15. The summed E-state index contributed by atoms with van der Waals surface area (Å²) < 4.78 is 37.5. The summed E-state index contributed by atoms with van der Waals surface area (Å²) in [5.74, 6) is 0. The molecule has 1 aromatic heterocycles. The average molecular weight is 227 g/mol. The molecule has 0 atom stereocenters. The standard InChI is InChI=1S/C10H6F3N.C2H6/c11-10(12,13)8-5-6-14-9-4-2-1-3-7(8)9;1-2/h1-6H;1-2H3. The smallest absolute Gasteiger partial charge is 0.256 e. The molecule has 0 spiro atoms. The Morgan fingerprint density at radius 3 is 2.25 bits per heavy atom. The van der Waals surface area contributed by atoms with Crippen LogP contribution in [0.25, 0.3) is 10.9 Å². The molecule has 0 fully saturated rings. The van der Waals surface area contributed by atoms with Crippen molar-refractivity contribution in [3.05, 3.63) is 42.1 Å². The van der Waals surface area contributed by atoms with Crippen molar-refractivity contribution in [3.63, 3.8) is 0 Å². The van der Waals surface area contributed by atoms with Crippen LogP contribution in [0.3, 0.4) is 0 Å². The van der Waals surface area contributed by atoms with Crippen LogP contribution < -0.4 is 0 Å². The lowest BCUT2D eigenvalue weighted by Gasteiger charge is -2.08. The second-order valence-corrected chi connectivity index (χ2v) is 2.87. The molecule has 2 aromatic rings. The number of alkyl halides is 3. The summed E-state index contributed by atoms with van der Waals surface area (Å²) in [6, 6.07) is 7.20. The number of aromatic nitrogens is 1. The first-order chi connectivity index (χ1) is 7.59. The molecule has 0 N–H and O–H groups in total. The van der Waals surface area contributed by atoms with Gasteiger partial charge in [0.25, 0.3) is 0 Å². The predicted molar refractivity (Wildman–Crippen MR) is 58.1 cm³/mol. The van der Waals surface area contributed by atoms with E-state index in [4.69, 9.17) is 0 Å². The molecular formula is C12H12F3N. The minimum Gasteiger partial charge on any atom is -0.256 e. The molecule has 1 heterocycles. The quantitative estimate of drug-likeness (QED) is 0.654. The summed E-state index contributed by atoms with van der Waals surface area (Å²) in [4.78, 5) is 3.86. The molecule has 86 valence electrons. The van der Waals surface area contributed by atoms with Gasteiger partial charge < -0.3 is 0 Å². The molecule has 0 aliphatic carbocycles. The average Bonchev–Trinajstić information content (AvgIpc) is 2.30. The van der Waals surface area contributed by atoms with Crippen molar-refractivity contribution in [3.8, 4) is 0 Å². The topological polar surface area (TPSA) is 12.9 Å². The number of fused-ring (bicyclic) bond motifs is 1. The lowest BCUT2D eigenvalue weighted by atomic mass is 10.1. The summed E-state index contributed by atoms with van der Waals surface area (Å²) in [5.41, 5.74) is -0.273. The Hall–Kier alpha value is -1.58. The van der Waals surface area contributed by atoms with Gasteiger partial charge in [-0.25, -0.2) is 0 Å². The zero-order valence-corrected chi connectivity index (χ0v) is 9.05. The first-order valence-electron chi connectivity index (χ1n) is 5.00. The van der Waals surface area contributed by atoms with Crippen LogP contribution in [-0.2, 0) is 6.18 Å². The third-order valence-corrected chi connectivity index (χ3v) is 1.95. The van der Waals surface area contributed by atoms with Gasteiger partial charge in [0.1, 0.15) is 0 Å². The van der Waals surface area contributed by atoms with Crippen molar-refractivity contribution < 1.29 is 13.2 Å². The Labute approximate surface area is 91.9 Å². The molecule has 4 heteroatoms. The van der Waals surface area contributed by atoms with E-state index < -0.39 is 11.7 Å². The number of halogens is 3. The zero-order valence-electron chi connectivity index (χ0n) is 9.05. The summed E-state index contributed by atoms with van der Waals surface area (Å²) >= 11 is 0. The van der Waals surface area contributed by atoms with Crippen molar-refractivity contribution in [1.82, 2.24) is 4.98 Å². The molecule has 0 saturated carbocycles. The normalized spacial score (nSPS) is 10.8. The number of benzene rings is 1. The van der Waals surface area contributed by atoms with E-state index in [1.165, 1.54) is 12.3 Å². The van der Waals surface area contributed by atoms with Gasteiger partial charge in [-0.05, 0) is 12.1 Å². The molecule has 0 radical (unpaired) electrons. The lowest BCUT2D eigenvalue weighted by Crippen LogP contribution is -2.05. The van der Waals surface area contributed by atoms with Gasteiger partial charge in [-0.1, -0.05) is 32.0 Å². The Morgan fingerprint density at radius 2 is 1.62 bits per heavy atom. The second kappa shape index (κ2) is 4.96. The highest BCUT2D eigenvalue weighted by Gasteiger charge is 2.32. The van der Waals surface area contributed by atoms with Crippen LogP contribution in [0.5, 0.6) is 0 Å².